The highest BCUT2D eigenvalue weighted by Gasteiger charge is 2.32. The molecule has 2 N–H and O–H groups in total. The van der Waals surface area contributed by atoms with E-state index in [1.54, 1.807) is 18.0 Å². The molecule has 1 unspecified atom stereocenters. The van der Waals surface area contributed by atoms with E-state index in [1.807, 2.05) is 6.92 Å². The Morgan fingerprint density at radius 3 is 2.60 bits per heavy atom. The second-order valence-electron chi connectivity index (χ2n) is 5.15. The Balaban J connectivity index is 2.08. The van der Waals surface area contributed by atoms with Crippen LogP contribution in [0.25, 0.3) is 0 Å². The molecule has 1 aromatic rings. The third-order valence-electron chi connectivity index (χ3n) is 3.63. The molecule has 20 heavy (non-hydrogen) atoms. The first-order valence-electron chi connectivity index (χ1n) is 6.46. The molecule has 1 fully saturated rings. The topological polar surface area (TPSA) is 69.6 Å². The number of carboxylic acid groups (broad SMARTS) is 1. The summed E-state index contributed by atoms with van der Waals surface area (Å²) < 4.78 is 0.616. The van der Waals surface area contributed by atoms with E-state index in [0.717, 1.165) is 0 Å². The molecule has 0 aliphatic heterocycles. The zero-order valence-corrected chi connectivity index (χ0v) is 13.0. The third-order valence-corrected chi connectivity index (χ3v) is 4.09. The van der Waals surface area contributed by atoms with Gasteiger partial charge in [0, 0.05) is 23.2 Å². The lowest BCUT2D eigenvalue weighted by Gasteiger charge is -2.25. The number of amides is 2. The van der Waals surface area contributed by atoms with Crippen molar-refractivity contribution in [3.63, 3.8) is 0 Å². The maximum Gasteiger partial charge on any atom is 0.335 e. The number of halogens is 1. The second-order valence-corrected chi connectivity index (χ2v) is 6.07. The van der Waals surface area contributed by atoms with Crippen molar-refractivity contribution in [2.45, 2.75) is 25.8 Å². The van der Waals surface area contributed by atoms with Crippen LogP contribution in [-0.4, -0.2) is 35.1 Å². The van der Waals surface area contributed by atoms with Crippen molar-refractivity contribution in [2.24, 2.45) is 5.92 Å². The fourth-order valence-electron chi connectivity index (χ4n) is 2.08. The Morgan fingerprint density at radius 1 is 1.40 bits per heavy atom. The number of aromatic carboxylic acids is 1. The molecule has 0 aromatic heterocycles. The number of anilines is 1. The van der Waals surface area contributed by atoms with Crippen LogP contribution in [0.5, 0.6) is 0 Å². The van der Waals surface area contributed by atoms with Crippen LogP contribution in [0.2, 0.25) is 0 Å². The fraction of sp³-hybridized carbons (Fsp3) is 0.429. The monoisotopic (exact) mass is 340 g/mol. The van der Waals surface area contributed by atoms with Gasteiger partial charge in [-0.1, -0.05) is 15.9 Å². The summed E-state index contributed by atoms with van der Waals surface area (Å²) in [6, 6.07) is 4.59. The Kier molecular flexibility index (Phi) is 4.32. The summed E-state index contributed by atoms with van der Waals surface area (Å²) in [6.45, 7) is 2.03. The normalized spacial score (nSPS) is 15.6. The molecule has 108 valence electrons. The van der Waals surface area contributed by atoms with Gasteiger partial charge >= 0.3 is 12.0 Å². The molecule has 0 radical (unpaired) electrons. The van der Waals surface area contributed by atoms with Gasteiger partial charge in [-0.25, -0.2) is 9.59 Å². The van der Waals surface area contributed by atoms with Gasteiger partial charge in [-0.2, -0.15) is 0 Å². The number of hydrogen-bond acceptors (Lipinski definition) is 2. The molecule has 1 atom stereocenters. The summed E-state index contributed by atoms with van der Waals surface area (Å²) in [7, 11) is 1.76. The number of rotatable bonds is 4. The molecule has 1 aliphatic rings. The lowest BCUT2D eigenvalue weighted by molar-refractivity contribution is 0.0696. The van der Waals surface area contributed by atoms with Crippen molar-refractivity contribution in [1.29, 1.82) is 0 Å². The van der Waals surface area contributed by atoms with Gasteiger partial charge in [0.25, 0.3) is 0 Å². The van der Waals surface area contributed by atoms with Crippen molar-refractivity contribution in [3.05, 3.63) is 28.2 Å². The number of nitrogens with zero attached hydrogens (tertiary/aromatic N) is 1. The first-order valence-corrected chi connectivity index (χ1v) is 7.25. The lowest BCUT2D eigenvalue weighted by Crippen LogP contribution is -2.39. The number of benzene rings is 1. The zero-order chi connectivity index (χ0) is 14.9. The van der Waals surface area contributed by atoms with Gasteiger partial charge < -0.3 is 15.3 Å². The van der Waals surface area contributed by atoms with Crippen molar-refractivity contribution in [1.82, 2.24) is 4.90 Å². The van der Waals surface area contributed by atoms with Gasteiger partial charge in [-0.05, 0) is 43.9 Å². The van der Waals surface area contributed by atoms with Crippen LogP contribution >= 0.6 is 15.9 Å². The molecule has 0 heterocycles. The number of carbonyl (C=O) groups is 2. The summed E-state index contributed by atoms with van der Waals surface area (Å²) in [4.78, 5) is 24.8. The molecule has 0 saturated heterocycles. The van der Waals surface area contributed by atoms with E-state index >= 15 is 0 Å². The minimum Gasteiger partial charge on any atom is -0.478 e. The molecule has 1 saturated carbocycles. The predicted octanol–water partition coefficient (Wildman–Crippen LogP) is 3.41. The number of hydrogen-bond donors (Lipinski definition) is 2. The van der Waals surface area contributed by atoms with Gasteiger partial charge in [0.1, 0.15) is 0 Å². The molecule has 2 rings (SSSR count). The van der Waals surface area contributed by atoms with Crippen LogP contribution in [0.3, 0.4) is 0 Å². The highest BCUT2D eigenvalue weighted by atomic mass is 79.9. The summed E-state index contributed by atoms with van der Waals surface area (Å²) in [5.41, 5.74) is 0.601. The van der Waals surface area contributed by atoms with Gasteiger partial charge in [0.15, 0.2) is 0 Å². The summed E-state index contributed by atoms with van der Waals surface area (Å²) >= 11 is 3.24. The Labute approximate surface area is 126 Å². The maximum absolute atomic E-state index is 12.1. The lowest BCUT2D eigenvalue weighted by atomic mass is 10.2. The zero-order valence-electron chi connectivity index (χ0n) is 11.4. The van der Waals surface area contributed by atoms with E-state index in [2.05, 4.69) is 21.2 Å². The summed E-state index contributed by atoms with van der Waals surface area (Å²) in [5.74, 6) is -0.440. The van der Waals surface area contributed by atoms with Crippen molar-refractivity contribution in [3.8, 4) is 0 Å². The van der Waals surface area contributed by atoms with Crippen LogP contribution in [0, 0.1) is 5.92 Å². The minimum absolute atomic E-state index is 0.132. The fourth-order valence-corrected chi connectivity index (χ4v) is 2.57. The van der Waals surface area contributed by atoms with Gasteiger partial charge in [0.05, 0.1) is 5.56 Å². The minimum atomic E-state index is -1.03. The highest BCUT2D eigenvalue weighted by molar-refractivity contribution is 9.10. The van der Waals surface area contributed by atoms with Crippen LogP contribution in [0.1, 0.15) is 30.1 Å². The van der Waals surface area contributed by atoms with E-state index in [-0.39, 0.29) is 17.6 Å². The molecular formula is C14H17BrN2O3. The summed E-state index contributed by atoms with van der Waals surface area (Å²) in [6.07, 6.45) is 2.33. The molecule has 0 spiro atoms. The van der Waals surface area contributed by atoms with Crippen molar-refractivity contribution >= 4 is 33.6 Å². The number of nitrogens with one attached hydrogen (secondary N) is 1. The largest absolute Gasteiger partial charge is 0.478 e. The molecule has 1 aromatic carbocycles. The Bertz CT molecular complexity index is 543. The SMILES string of the molecule is CC(C1CC1)N(C)C(=O)Nc1cc(Br)cc(C(=O)O)c1. The van der Waals surface area contributed by atoms with Gasteiger partial charge in [-0.15, -0.1) is 0 Å². The van der Waals surface area contributed by atoms with E-state index in [1.165, 1.54) is 25.0 Å². The number of carbonyl (C=O) groups excluding carboxylic acids is 1. The van der Waals surface area contributed by atoms with E-state index in [4.69, 9.17) is 5.11 Å². The van der Waals surface area contributed by atoms with E-state index in [0.29, 0.717) is 16.1 Å². The first-order chi connectivity index (χ1) is 9.38. The predicted molar refractivity (Wildman–Crippen MR) is 80.1 cm³/mol. The average Bonchev–Trinajstić information content (AvgIpc) is 3.20. The number of carboxylic acids is 1. The standard InChI is InChI=1S/C14H17BrN2O3/c1-8(9-3-4-9)17(2)14(20)16-12-6-10(13(18)19)5-11(15)7-12/h5-9H,3-4H2,1-2H3,(H,16,20)(H,18,19). The molecular weight excluding hydrogens is 324 g/mol. The van der Waals surface area contributed by atoms with Gasteiger partial charge in [0.2, 0.25) is 0 Å². The molecule has 6 heteroatoms. The smallest absolute Gasteiger partial charge is 0.335 e. The summed E-state index contributed by atoms with van der Waals surface area (Å²) in [5, 5.41) is 11.7. The first kappa shape index (κ1) is 14.8. The Morgan fingerprint density at radius 2 is 2.05 bits per heavy atom. The molecule has 0 bridgehead atoms. The highest BCUT2D eigenvalue weighted by Crippen LogP contribution is 2.34. The quantitative estimate of drug-likeness (QED) is 0.882. The average molecular weight is 341 g/mol. The van der Waals surface area contributed by atoms with E-state index < -0.39 is 5.97 Å². The maximum atomic E-state index is 12.1. The van der Waals surface area contributed by atoms with Crippen LogP contribution < -0.4 is 5.32 Å². The van der Waals surface area contributed by atoms with Crippen LogP contribution in [0.4, 0.5) is 10.5 Å². The second kappa shape index (κ2) is 5.83. The Hall–Kier alpha value is -1.56. The van der Waals surface area contributed by atoms with Crippen molar-refractivity contribution < 1.29 is 14.7 Å². The van der Waals surface area contributed by atoms with Crippen LogP contribution in [0.15, 0.2) is 22.7 Å². The van der Waals surface area contributed by atoms with Crippen LogP contribution in [-0.2, 0) is 0 Å². The van der Waals surface area contributed by atoms with E-state index in [9.17, 15) is 9.59 Å². The molecule has 1 aliphatic carbocycles. The molecule has 2 amide bonds. The van der Waals surface area contributed by atoms with Crippen molar-refractivity contribution in [2.75, 3.05) is 12.4 Å². The van der Waals surface area contributed by atoms with Gasteiger partial charge in [-0.3, -0.25) is 0 Å². The molecule has 5 nitrogen and oxygen atoms in total. The number of urea groups is 1. The third kappa shape index (κ3) is 3.50.